The second-order valence-corrected chi connectivity index (χ2v) is 6.39. The van der Waals surface area contributed by atoms with Crippen molar-refractivity contribution in [2.45, 2.75) is 52.2 Å². The van der Waals surface area contributed by atoms with Crippen molar-refractivity contribution in [1.82, 2.24) is 9.55 Å². The van der Waals surface area contributed by atoms with Gasteiger partial charge < -0.3 is 15.4 Å². The van der Waals surface area contributed by atoms with E-state index in [9.17, 15) is 5.11 Å². The second-order valence-electron chi connectivity index (χ2n) is 6.39. The summed E-state index contributed by atoms with van der Waals surface area (Å²) in [7, 11) is 0. The summed E-state index contributed by atoms with van der Waals surface area (Å²) in [5.41, 5.74) is 8.82. The lowest BCUT2D eigenvalue weighted by atomic mass is 9.75. The minimum Gasteiger partial charge on any atom is -0.399 e. The number of benzene rings is 1. The molecule has 1 fully saturated rings. The predicted octanol–water partition coefficient (Wildman–Crippen LogP) is 3.08. The highest BCUT2D eigenvalue weighted by molar-refractivity contribution is 5.79. The highest BCUT2D eigenvalue weighted by atomic mass is 16.3. The van der Waals surface area contributed by atoms with Crippen molar-refractivity contribution in [3.05, 3.63) is 24.0 Å². The third-order valence-electron chi connectivity index (χ3n) is 4.59. The first kappa shape index (κ1) is 13.4. The number of hydrogen-bond donors (Lipinski definition) is 2. The van der Waals surface area contributed by atoms with Crippen LogP contribution in [-0.4, -0.2) is 14.7 Å². The average molecular weight is 273 g/mol. The van der Waals surface area contributed by atoms with Crippen molar-refractivity contribution < 1.29 is 5.11 Å². The summed E-state index contributed by atoms with van der Waals surface area (Å²) in [5, 5.41) is 9.59. The first-order valence-corrected chi connectivity index (χ1v) is 7.47. The summed E-state index contributed by atoms with van der Waals surface area (Å²) in [6, 6.07) is 5.81. The molecule has 0 amide bonds. The molecule has 3 rings (SSSR count). The van der Waals surface area contributed by atoms with E-state index in [0.717, 1.165) is 29.1 Å². The maximum Gasteiger partial charge on any atom is 0.135 e. The monoisotopic (exact) mass is 273 g/mol. The van der Waals surface area contributed by atoms with E-state index in [2.05, 4.69) is 16.5 Å². The Morgan fingerprint density at radius 1 is 1.30 bits per heavy atom. The highest BCUT2D eigenvalue weighted by Crippen LogP contribution is 2.38. The number of hydrogen-bond acceptors (Lipinski definition) is 3. The lowest BCUT2D eigenvalue weighted by molar-refractivity contribution is 0.177. The lowest BCUT2D eigenvalue weighted by Gasteiger charge is -2.34. The van der Waals surface area contributed by atoms with Crippen molar-refractivity contribution in [2.75, 3.05) is 5.73 Å². The van der Waals surface area contributed by atoms with Crippen LogP contribution in [0.1, 0.15) is 44.9 Å². The number of anilines is 1. The molecule has 20 heavy (non-hydrogen) atoms. The zero-order chi connectivity index (χ0) is 14.2. The van der Waals surface area contributed by atoms with Crippen LogP contribution in [0.15, 0.2) is 18.2 Å². The number of aromatic nitrogens is 2. The molecule has 0 radical (unpaired) electrons. The van der Waals surface area contributed by atoms with E-state index in [1.165, 1.54) is 32.1 Å². The van der Waals surface area contributed by atoms with Crippen LogP contribution in [-0.2, 0) is 13.2 Å². The summed E-state index contributed by atoms with van der Waals surface area (Å²) in [5.74, 6) is 0.748. The van der Waals surface area contributed by atoms with Gasteiger partial charge in [-0.3, -0.25) is 0 Å². The molecule has 1 aromatic heterocycles. The number of rotatable bonds is 3. The fourth-order valence-electron chi connectivity index (χ4n) is 3.44. The third-order valence-corrected chi connectivity index (χ3v) is 4.59. The molecule has 1 aliphatic carbocycles. The maximum absolute atomic E-state index is 9.59. The fourth-order valence-corrected chi connectivity index (χ4v) is 3.44. The number of imidazole rings is 1. The molecule has 1 saturated carbocycles. The van der Waals surface area contributed by atoms with Crippen LogP contribution in [0.5, 0.6) is 0 Å². The van der Waals surface area contributed by atoms with E-state index >= 15 is 0 Å². The van der Waals surface area contributed by atoms with Crippen molar-refractivity contribution in [3.63, 3.8) is 0 Å². The number of fused-ring (bicyclic) bond motifs is 1. The van der Waals surface area contributed by atoms with E-state index in [-0.39, 0.29) is 6.61 Å². The smallest absolute Gasteiger partial charge is 0.135 e. The van der Waals surface area contributed by atoms with Crippen LogP contribution in [0, 0.1) is 5.41 Å². The van der Waals surface area contributed by atoms with E-state index in [1.807, 2.05) is 18.2 Å². The highest BCUT2D eigenvalue weighted by Gasteiger charge is 2.28. The minimum atomic E-state index is -0.0232. The molecule has 3 N–H and O–H groups in total. The molecule has 0 unspecified atom stereocenters. The molecule has 4 nitrogen and oxygen atoms in total. The Labute approximate surface area is 119 Å². The van der Waals surface area contributed by atoms with Crippen molar-refractivity contribution >= 4 is 16.7 Å². The Kier molecular flexibility index (Phi) is 3.42. The average Bonchev–Trinajstić information content (AvgIpc) is 2.76. The Morgan fingerprint density at radius 3 is 2.75 bits per heavy atom. The van der Waals surface area contributed by atoms with Gasteiger partial charge in [0.05, 0.1) is 11.0 Å². The SMILES string of the molecule is CC1(Cn2c(CO)nc3cc(N)ccc32)CCCCC1. The third kappa shape index (κ3) is 2.40. The predicted molar refractivity (Wildman–Crippen MR) is 81.3 cm³/mol. The quantitative estimate of drug-likeness (QED) is 0.845. The standard InChI is InChI=1S/C16H23N3O/c1-16(7-3-2-4-8-16)11-19-14-6-5-12(17)9-13(14)18-15(19)10-20/h5-6,9,20H,2-4,7-8,10-11,17H2,1H3. The maximum atomic E-state index is 9.59. The molecule has 0 atom stereocenters. The largest absolute Gasteiger partial charge is 0.399 e. The first-order chi connectivity index (χ1) is 9.61. The molecule has 1 aromatic carbocycles. The topological polar surface area (TPSA) is 64.1 Å². The Hall–Kier alpha value is -1.55. The first-order valence-electron chi connectivity index (χ1n) is 7.47. The van der Waals surface area contributed by atoms with Gasteiger partial charge in [0.15, 0.2) is 0 Å². The van der Waals surface area contributed by atoms with Crippen LogP contribution in [0.25, 0.3) is 11.0 Å². The van der Waals surface area contributed by atoms with Gasteiger partial charge >= 0.3 is 0 Å². The van der Waals surface area contributed by atoms with E-state index in [1.54, 1.807) is 0 Å². The van der Waals surface area contributed by atoms with Crippen LogP contribution >= 0.6 is 0 Å². The molecule has 0 saturated heterocycles. The summed E-state index contributed by atoms with van der Waals surface area (Å²) >= 11 is 0. The van der Waals surface area contributed by atoms with E-state index < -0.39 is 0 Å². The fraction of sp³-hybridized carbons (Fsp3) is 0.562. The van der Waals surface area contributed by atoms with E-state index in [4.69, 9.17) is 5.73 Å². The van der Waals surface area contributed by atoms with Gasteiger partial charge in [-0.2, -0.15) is 0 Å². The van der Waals surface area contributed by atoms with Gasteiger partial charge in [-0.15, -0.1) is 0 Å². The van der Waals surface area contributed by atoms with Crippen LogP contribution in [0.2, 0.25) is 0 Å². The van der Waals surface area contributed by atoms with Crippen LogP contribution in [0.4, 0.5) is 5.69 Å². The summed E-state index contributed by atoms with van der Waals surface area (Å²) < 4.78 is 2.18. The normalized spacial score (nSPS) is 18.5. The minimum absolute atomic E-state index is 0.0232. The molecular weight excluding hydrogens is 250 g/mol. The molecule has 1 heterocycles. The summed E-state index contributed by atoms with van der Waals surface area (Å²) in [6.07, 6.45) is 6.48. The Balaban J connectivity index is 2.01. The van der Waals surface area contributed by atoms with Gasteiger partial charge in [0.25, 0.3) is 0 Å². The number of nitrogens with two attached hydrogens (primary N) is 1. The lowest BCUT2D eigenvalue weighted by Crippen LogP contribution is -2.27. The van der Waals surface area contributed by atoms with Crippen LogP contribution in [0.3, 0.4) is 0 Å². The van der Waals surface area contributed by atoms with Crippen LogP contribution < -0.4 is 5.73 Å². The number of nitrogens with zero attached hydrogens (tertiary/aromatic N) is 2. The van der Waals surface area contributed by atoms with Gasteiger partial charge in [-0.1, -0.05) is 26.2 Å². The molecule has 0 aliphatic heterocycles. The molecule has 2 aromatic rings. The zero-order valence-electron chi connectivity index (χ0n) is 12.1. The zero-order valence-corrected chi connectivity index (χ0v) is 12.1. The molecule has 108 valence electrons. The summed E-state index contributed by atoms with van der Waals surface area (Å²) in [4.78, 5) is 4.52. The number of aliphatic hydroxyl groups is 1. The van der Waals surface area contributed by atoms with Gasteiger partial charge in [-0.05, 0) is 36.5 Å². The Bertz CT molecular complexity index is 611. The molecule has 1 aliphatic rings. The van der Waals surface area contributed by atoms with Gasteiger partial charge in [0.2, 0.25) is 0 Å². The Morgan fingerprint density at radius 2 is 2.05 bits per heavy atom. The van der Waals surface area contributed by atoms with Crippen molar-refractivity contribution in [2.24, 2.45) is 5.41 Å². The van der Waals surface area contributed by atoms with Gasteiger partial charge in [0.1, 0.15) is 12.4 Å². The van der Waals surface area contributed by atoms with Gasteiger partial charge in [-0.25, -0.2) is 4.98 Å². The molecule has 4 heteroatoms. The summed E-state index contributed by atoms with van der Waals surface area (Å²) in [6.45, 7) is 3.27. The van der Waals surface area contributed by atoms with Gasteiger partial charge in [0, 0.05) is 12.2 Å². The van der Waals surface area contributed by atoms with Crippen molar-refractivity contribution in [1.29, 1.82) is 0 Å². The molecule has 0 bridgehead atoms. The second kappa shape index (κ2) is 5.09. The number of aliphatic hydroxyl groups excluding tert-OH is 1. The van der Waals surface area contributed by atoms with Crippen molar-refractivity contribution in [3.8, 4) is 0 Å². The molecular formula is C16H23N3O. The molecule has 0 spiro atoms. The number of nitrogen functional groups attached to an aromatic ring is 1. The van der Waals surface area contributed by atoms with E-state index in [0.29, 0.717) is 5.41 Å².